The first-order chi connectivity index (χ1) is 11.2. The first-order valence-electron chi connectivity index (χ1n) is 7.78. The highest BCUT2D eigenvalue weighted by Gasteiger charge is 2.06. The molecular weight excluding hydrogens is 290 g/mol. The number of hydrogen-bond donors (Lipinski definition) is 3. The molecule has 0 saturated carbocycles. The van der Waals surface area contributed by atoms with Crippen LogP contribution in [-0.4, -0.2) is 25.7 Å². The van der Waals surface area contributed by atoms with Gasteiger partial charge in [0, 0.05) is 31.0 Å². The lowest BCUT2D eigenvalue weighted by molar-refractivity contribution is 0.102. The first-order valence-corrected chi connectivity index (χ1v) is 7.78. The van der Waals surface area contributed by atoms with Gasteiger partial charge in [0.25, 0.3) is 5.91 Å². The van der Waals surface area contributed by atoms with Crippen LogP contribution in [0.2, 0.25) is 0 Å². The molecule has 0 aliphatic rings. The average molecular weight is 313 g/mol. The Bertz CT molecular complexity index is 629. The van der Waals surface area contributed by atoms with E-state index in [1.54, 1.807) is 18.2 Å². The maximum atomic E-state index is 12.1. The van der Waals surface area contributed by atoms with E-state index in [1.807, 2.05) is 37.3 Å². The molecule has 2 rings (SSSR count). The molecule has 4 N–H and O–H groups in total. The summed E-state index contributed by atoms with van der Waals surface area (Å²) in [7, 11) is 0. The minimum atomic E-state index is -0.151. The summed E-state index contributed by atoms with van der Waals surface area (Å²) in [4.78, 5) is 12.1. The van der Waals surface area contributed by atoms with Crippen molar-refractivity contribution in [2.24, 2.45) is 0 Å². The molecule has 1 amide bonds. The summed E-state index contributed by atoms with van der Waals surface area (Å²) in [6, 6.07) is 14.5. The van der Waals surface area contributed by atoms with Crippen LogP contribution in [0, 0.1) is 0 Å². The van der Waals surface area contributed by atoms with Crippen LogP contribution in [0.15, 0.2) is 48.5 Å². The average Bonchev–Trinajstić information content (AvgIpc) is 2.57. The molecule has 0 spiro atoms. The summed E-state index contributed by atoms with van der Waals surface area (Å²) < 4.78 is 5.29. The van der Waals surface area contributed by atoms with Crippen LogP contribution < -0.4 is 16.4 Å². The SMILES string of the molecule is CCOCCCNc1ccc(NC(=O)c2ccccc2)cc1N. The predicted octanol–water partition coefficient (Wildman–Crippen LogP) is 3.36. The Hall–Kier alpha value is -2.53. The van der Waals surface area contributed by atoms with Gasteiger partial charge in [-0.2, -0.15) is 0 Å². The van der Waals surface area contributed by atoms with Crippen LogP contribution in [0.4, 0.5) is 17.1 Å². The molecule has 0 atom stereocenters. The second-order valence-electron chi connectivity index (χ2n) is 5.10. The molecule has 0 radical (unpaired) electrons. The van der Waals surface area contributed by atoms with Crippen molar-refractivity contribution in [2.45, 2.75) is 13.3 Å². The molecule has 2 aromatic carbocycles. The van der Waals surface area contributed by atoms with E-state index in [4.69, 9.17) is 10.5 Å². The largest absolute Gasteiger partial charge is 0.397 e. The Morgan fingerprint density at radius 3 is 2.65 bits per heavy atom. The van der Waals surface area contributed by atoms with Gasteiger partial charge in [0.05, 0.1) is 11.4 Å². The zero-order valence-electron chi connectivity index (χ0n) is 13.3. The molecule has 0 aliphatic heterocycles. The molecule has 0 bridgehead atoms. The monoisotopic (exact) mass is 313 g/mol. The fourth-order valence-electron chi connectivity index (χ4n) is 2.14. The number of benzene rings is 2. The highest BCUT2D eigenvalue weighted by atomic mass is 16.5. The number of nitrogens with two attached hydrogens (primary N) is 1. The number of carbonyl (C=O) groups excluding carboxylic acids is 1. The number of hydrogen-bond acceptors (Lipinski definition) is 4. The molecule has 5 heteroatoms. The third kappa shape index (κ3) is 5.30. The normalized spacial score (nSPS) is 10.3. The second kappa shape index (κ2) is 8.80. The Morgan fingerprint density at radius 1 is 1.17 bits per heavy atom. The number of ether oxygens (including phenoxy) is 1. The van der Waals surface area contributed by atoms with Crippen molar-refractivity contribution in [3.05, 3.63) is 54.1 Å². The van der Waals surface area contributed by atoms with Crippen LogP contribution in [0.25, 0.3) is 0 Å². The van der Waals surface area contributed by atoms with Gasteiger partial charge in [-0.3, -0.25) is 4.79 Å². The Balaban J connectivity index is 1.90. The first kappa shape index (κ1) is 16.8. The number of anilines is 3. The summed E-state index contributed by atoms with van der Waals surface area (Å²) in [5, 5.41) is 6.11. The van der Waals surface area contributed by atoms with Crippen LogP contribution >= 0.6 is 0 Å². The lowest BCUT2D eigenvalue weighted by atomic mass is 10.2. The summed E-state index contributed by atoms with van der Waals surface area (Å²) >= 11 is 0. The molecule has 0 aromatic heterocycles. The van der Waals surface area contributed by atoms with Crippen molar-refractivity contribution < 1.29 is 9.53 Å². The summed E-state index contributed by atoms with van der Waals surface area (Å²) in [6.07, 6.45) is 0.916. The second-order valence-corrected chi connectivity index (χ2v) is 5.10. The molecule has 0 unspecified atom stereocenters. The number of amides is 1. The van der Waals surface area contributed by atoms with Crippen molar-refractivity contribution in [3.8, 4) is 0 Å². The van der Waals surface area contributed by atoms with Crippen molar-refractivity contribution in [1.29, 1.82) is 0 Å². The smallest absolute Gasteiger partial charge is 0.255 e. The molecular formula is C18H23N3O2. The van der Waals surface area contributed by atoms with E-state index >= 15 is 0 Å². The Labute approximate surface area is 136 Å². The predicted molar refractivity (Wildman–Crippen MR) is 94.8 cm³/mol. The summed E-state index contributed by atoms with van der Waals surface area (Å²) in [6.45, 7) is 4.24. The van der Waals surface area contributed by atoms with E-state index in [2.05, 4.69) is 10.6 Å². The fourth-order valence-corrected chi connectivity index (χ4v) is 2.14. The Kier molecular flexibility index (Phi) is 6.44. The van der Waals surface area contributed by atoms with E-state index in [9.17, 15) is 4.79 Å². The lowest BCUT2D eigenvalue weighted by Crippen LogP contribution is -2.12. The third-order valence-electron chi connectivity index (χ3n) is 3.33. The van der Waals surface area contributed by atoms with Gasteiger partial charge >= 0.3 is 0 Å². The van der Waals surface area contributed by atoms with Crippen LogP contribution in [0.5, 0.6) is 0 Å². The molecule has 0 aliphatic carbocycles. The number of carbonyl (C=O) groups is 1. The van der Waals surface area contributed by atoms with Gasteiger partial charge in [-0.1, -0.05) is 18.2 Å². The van der Waals surface area contributed by atoms with Gasteiger partial charge in [-0.25, -0.2) is 0 Å². The lowest BCUT2D eigenvalue weighted by Gasteiger charge is -2.12. The number of rotatable bonds is 8. The van der Waals surface area contributed by atoms with Gasteiger partial charge in [0.2, 0.25) is 0 Å². The highest BCUT2D eigenvalue weighted by molar-refractivity contribution is 6.04. The van der Waals surface area contributed by atoms with E-state index in [0.717, 1.165) is 31.9 Å². The molecule has 2 aromatic rings. The molecule has 0 fully saturated rings. The van der Waals surface area contributed by atoms with E-state index in [-0.39, 0.29) is 5.91 Å². The van der Waals surface area contributed by atoms with Crippen molar-refractivity contribution in [2.75, 3.05) is 36.1 Å². The minimum Gasteiger partial charge on any atom is -0.397 e. The van der Waals surface area contributed by atoms with Crippen LogP contribution in [-0.2, 0) is 4.74 Å². The van der Waals surface area contributed by atoms with Crippen molar-refractivity contribution >= 4 is 23.0 Å². The minimum absolute atomic E-state index is 0.151. The van der Waals surface area contributed by atoms with Gasteiger partial charge in [0.1, 0.15) is 0 Å². The number of nitrogen functional groups attached to an aromatic ring is 1. The maximum absolute atomic E-state index is 12.1. The van der Waals surface area contributed by atoms with Gasteiger partial charge in [-0.15, -0.1) is 0 Å². The zero-order chi connectivity index (χ0) is 16.5. The highest BCUT2D eigenvalue weighted by Crippen LogP contribution is 2.23. The van der Waals surface area contributed by atoms with Gasteiger partial charge < -0.3 is 21.1 Å². The fraction of sp³-hybridized carbons (Fsp3) is 0.278. The number of nitrogens with one attached hydrogen (secondary N) is 2. The summed E-state index contributed by atoms with van der Waals surface area (Å²) in [5.74, 6) is -0.151. The zero-order valence-corrected chi connectivity index (χ0v) is 13.3. The quantitative estimate of drug-likeness (QED) is 0.516. The van der Waals surface area contributed by atoms with E-state index < -0.39 is 0 Å². The summed E-state index contributed by atoms with van der Waals surface area (Å²) in [5.41, 5.74) is 8.79. The van der Waals surface area contributed by atoms with E-state index in [1.165, 1.54) is 0 Å². The molecule has 5 nitrogen and oxygen atoms in total. The molecule has 0 saturated heterocycles. The maximum Gasteiger partial charge on any atom is 0.255 e. The van der Waals surface area contributed by atoms with Crippen molar-refractivity contribution in [1.82, 2.24) is 0 Å². The topological polar surface area (TPSA) is 76.4 Å². The van der Waals surface area contributed by atoms with Gasteiger partial charge in [-0.05, 0) is 43.7 Å². The third-order valence-corrected chi connectivity index (χ3v) is 3.33. The van der Waals surface area contributed by atoms with E-state index in [0.29, 0.717) is 16.9 Å². The Morgan fingerprint density at radius 2 is 1.96 bits per heavy atom. The van der Waals surface area contributed by atoms with Crippen LogP contribution in [0.3, 0.4) is 0 Å². The molecule has 122 valence electrons. The van der Waals surface area contributed by atoms with Crippen molar-refractivity contribution in [3.63, 3.8) is 0 Å². The van der Waals surface area contributed by atoms with Gasteiger partial charge in [0.15, 0.2) is 0 Å². The molecule has 0 heterocycles. The standard InChI is InChI=1S/C18H23N3O2/c1-2-23-12-6-11-20-17-10-9-15(13-16(17)19)21-18(22)14-7-4-3-5-8-14/h3-5,7-10,13,20H,2,6,11-12,19H2,1H3,(H,21,22). The molecule has 23 heavy (non-hydrogen) atoms. The van der Waals surface area contributed by atoms with Crippen LogP contribution in [0.1, 0.15) is 23.7 Å².